The largest absolute Gasteiger partial charge is 0.389 e. The summed E-state index contributed by atoms with van der Waals surface area (Å²) in [5, 5.41) is 13.4. The molecule has 1 unspecified atom stereocenters. The Labute approximate surface area is 99.1 Å². The van der Waals surface area contributed by atoms with Gasteiger partial charge < -0.3 is 14.2 Å². The van der Waals surface area contributed by atoms with E-state index in [2.05, 4.69) is 10.1 Å². The van der Waals surface area contributed by atoms with E-state index in [0.717, 1.165) is 24.3 Å². The lowest BCUT2D eigenvalue weighted by atomic mass is 10.2. The second kappa shape index (κ2) is 4.00. The van der Waals surface area contributed by atoms with Gasteiger partial charge >= 0.3 is 0 Å². The molecule has 5 heteroatoms. The number of hydrogen-bond donors (Lipinski definition) is 1. The first-order valence-corrected chi connectivity index (χ1v) is 5.88. The molecule has 1 fully saturated rings. The van der Waals surface area contributed by atoms with Crippen LogP contribution in [0, 0.1) is 0 Å². The Morgan fingerprint density at radius 1 is 1.59 bits per heavy atom. The van der Waals surface area contributed by atoms with Gasteiger partial charge in [-0.05, 0) is 31.4 Å². The Kier molecular flexibility index (Phi) is 2.48. The molecule has 1 aliphatic carbocycles. The van der Waals surface area contributed by atoms with Crippen LogP contribution in [0.5, 0.6) is 0 Å². The monoisotopic (exact) mass is 233 g/mol. The van der Waals surface area contributed by atoms with E-state index in [0.29, 0.717) is 18.3 Å². The van der Waals surface area contributed by atoms with Crippen LogP contribution in [0.25, 0.3) is 0 Å². The number of aliphatic hydroxyl groups is 1. The van der Waals surface area contributed by atoms with E-state index >= 15 is 0 Å². The summed E-state index contributed by atoms with van der Waals surface area (Å²) in [4.78, 5) is 4.36. The van der Waals surface area contributed by atoms with Crippen LogP contribution in [0.4, 0.5) is 0 Å². The molecule has 1 N–H and O–H groups in total. The molecule has 17 heavy (non-hydrogen) atoms. The predicted octanol–water partition coefficient (Wildman–Crippen LogP) is 1.85. The summed E-state index contributed by atoms with van der Waals surface area (Å²) < 4.78 is 7.14. The molecule has 0 radical (unpaired) electrons. The van der Waals surface area contributed by atoms with Crippen molar-refractivity contribution in [1.29, 1.82) is 0 Å². The first kappa shape index (κ1) is 10.5. The van der Waals surface area contributed by atoms with Crippen molar-refractivity contribution in [2.45, 2.75) is 38.3 Å². The van der Waals surface area contributed by atoms with Crippen LogP contribution in [0.2, 0.25) is 0 Å². The Hall–Kier alpha value is -1.62. The third kappa shape index (κ3) is 2.24. The molecule has 1 aliphatic rings. The minimum absolute atomic E-state index is 0.441. The topological polar surface area (TPSA) is 64.1 Å². The molecule has 90 valence electrons. The zero-order valence-corrected chi connectivity index (χ0v) is 9.71. The van der Waals surface area contributed by atoms with Crippen molar-refractivity contribution in [3.8, 4) is 0 Å². The summed E-state index contributed by atoms with van der Waals surface area (Å²) in [7, 11) is 0. The fourth-order valence-electron chi connectivity index (χ4n) is 1.80. The van der Waals surface area contributed by atoms with E-state index in [9.17, 15) is 5.11 Å². The van der Waals surface area contributed by atoms with Gasteiger partial charge in [0, 0.05) is 18.3 Å². The van der Waals surface area contributed by atoms with E-state index in [1.807, 2.05) is 23.0 Å². The minimum Gasteiger partial charge on any atom is -0.389 e. The van der Waals surface area contributed by atoms with Gasteiger partial charge in [-0.2, -0.15) is 4.98 Å². The molecular weight excluding hydrogens is 218 g/mol. The van der Waals surface area contributed by atoms with Gasteiger partial charge in [0.1, 0.15) is 0 Å². The fraction of sp³-hybridized carbons (Fsp3) is 0.500. The number of hydrogen-bond acceptors (Lipinski definition) is 4. The average Bonchev–Trinajstić information content (AvgIpc) is 2.87. The Balaban J connectivity index is 1.71. The minimum atomic E-state index is -0.441. The van der Waals surface area contributed by atoms with E-state index in [-0.39, 0.29) is 0 Å². The van der Waals surface area contributed by atoms with Crippen molar-refractivity contribution in [2.75, 3.05) is 0 Å². The quantitative estimate of drug-likeness (QED) is 0.875. The number of rotatable bonds is 4. The van der Waals surface area contributed by atoms with Gasteiger partial charge in [-0.15, -0.1) is 0 Å². The molecule has 2 aromatic heterocycles. The Morgan fingerprint density at radius 3 is 3.06 bits per heavy atom. The van der Waals surface area contributed by atoms with Crippen LogP contribution < -0.4 is 0 Å². The van der Waals surface area contributed by atoms with Gasteiger partial charge in [-0.1, -0.05) is 5.16 Å². The second-order valence-electron chi connectivity index (χ2n) is 4.62. The zero-order valence-electron chi connectivity index (χ0n) is 9.71. The molecule has 2 heterocycles. The maximum Gasteiger partial charge on any atom is 0.229 e. The highest BCUT2D eigenvalue weighted by atomic mass is 16.5. The Morgan fingerprint density at radius 2 is 2.41 bits per heavy atom. The van der Waals surface area contributed by atoms with Crippen LogP contribution >= 0.6 is 0 Å². The smallest absolute Gasteiger partial charge is 0.229 e. The highest BCUT2D eigenvalue weighted by molar-refractivity contribution is 5.13. The third-order valence-electron chi connectivity index (χ3n) is 2.99. The molecular formula is C12H15N3O2. The third-order valence-corrected chi connectivity index (χ3v) is 2.99. The summed E-state index contributed by atoms with van der Waals surface area (Å²) in [6.07, 6.45) is 5.70. The standard InChI is InChI=1S/C12H15N3O2/c1-8(16)10-4-5-15(6-10)7-11-13-12(17-14-11)9-2-3-9/h4-6,8-9,16H,2-3,7H2,1H3. The highest BCUT2D eigenvalue weighted by Crippen LogP contribution is 2.38. The van der Waals surface area contributed by atoms with E-state index in [4.69, 9.17) is 4.52 Å². The van der Waals surface area contributed by atoms with Crippen molar-refractivity contribution in [3.63, 3.8) is 0 Å². The molecule has 0 aromatic carbocycles. The molecule has 1 atom stereocenters. The lowest BCUT2D eigenvalue weighted by Gasteiger charge is -1.99. The molecule has 0 bridgehead atoms. The van der Waals surface area contributed by atoms with Gasteiger partial charge in [0.2, 0.25) is 5.89 Å². The van der Waals surface area contributed by atoms with Crippen LogP contribution in [-0.2, 0) is 6.54 Å². The van der Waals surface area contributed by atoms with Crippen LogP contribution in [0.15, 0.2) is 23.0 Å². The summed E-state index contributed by atoms with van der Waals surface area (Å²) in [6.45, 7) is 2.34. The van der Waals surface area contributed by atoms with E-state index < -0.39 is 6.10 Å². The fourth-order valence-corrected chi connectivity index (χ4v) is 1.80. The summed E-state index contributed by atoms with van der Waals surface area (Å²) >= 11 is 0. The molecule has 2 aromatic rings. The normalized spacial score (nSPS) is 17.3. The number of aliphatic hydroxyl groups excluding tert-OH is 1. The van der Waals surface area contributed by atoms with Crippen molar-refractivity contribution >= 4 is 0 Å². The van der Waals surface area contributed by atoms with Crippen LogP contribution in [0.3, 0.4) is 0 Å². The zero-order chi connectivity index (χ0) is 11.8. The first-order chi connectivity index (χ1) is 8.22. The molecule has 5 nitrogen and oxygen atoms in total. The van der Waals surface area contributed by atoms with Crippen molar-refractivity contribution in [2.24, 2.45) is 0 Å². The lowest BCUT2D eigenvalue weighted by molar-refractivity contribution is 0.199. The van der Waals surface area contributed by atoms with Gasteiger partial charge in [-0.3, -0.25) is 0 Å². The number of nitrogens with zero attached hydrogens (tertiary/aromatic N) is 3. The maximum absolute atomic E-state index is 9.43. The van der Waals surface area contributed by atoms with Gasteiger partial charge in [0.15, 0.2) is 5.82 Å². The number of aromatic nitrogens is 3. The van der Waals surface area contributed by atoms with Gasteiger partial charge in [0.05, 0.1) is 12.6 Å². The first-order valence-electron chi connectivity index (χ1n) is 5.88. The average molecular weight is 233 g/mol. The summed E-state index contributed by atoms with van der Waals surface area (Å²) in [6, 6.07) is 1.90. The summed E-state index contributed by atoms with van der Waals surface area (Å²) in [5.74, 6) is 1.96. The second-order valence-corrected chi connectivity index (χ2v) is 4.62. The van der Waals surface area contributed by atoms with Gasteiger partial charge in [0.25, 0.3) is 0 Å². The molecule has 3 rings (SSSR count). The molecule has 0 aliphatic heterocycles. The molecule has 1 saturated carbocycles. The van der Waals surface area contributed by atoms with E-state index in [1.165, 1.54) is 0 Å². The molecule has 0 amide bonds. The van der Waals surface area contributed by atoms with Crippen molar-refractivity contribution in [3.05, 3.63) is 35.7 Å². The highest BCUT2D eigenvalue weighted by Gasteiger charge is 2.29. The molecule has 0 spiro atoms. The predicted molar refractivity (Wildman–Crippen MR) is 60.4 cm³/mol. The maximum atomic E-state index is 9.43. The summed E-state index contributed by atoms with van der Waals surface area (Å²) in [5.41, 5.74) is 0.899. The van der Waals surface area contributed by atoms with Crippen LogP contribution in [-0.4, -0.2) is 19.8 Å². The van der Waals surface area contributed by atoms with Crippen molar-refractivity contribution < 1.29 is 9.63 Å². The van der Waals surface area contributed by atoms with Gasteiger partial charge in [-0.25, -0.2) is 0 Å². The van der Waals surface area contributed by atoms with Crippen LogP contribution in [0.1, 0.15) is 49.1 Å². The molecule has 0 saturated heterocycles. The van der Waals surface area contributed by atoms with E-state index in [1.54, 1.807) is 6.92 Å². The van der Waals surface area contributed by atoms with Crippen molar-refractivity contribution in [1.82, 2.24) is 14.7 Å². The SMILES string of the molecule is CC(O)c1ccn(Cc2noc(C3CC3)n2)c1. The lowest BCUT2D eigenvalue weighted by Crippen LogP contribution is -1.99. The Bertz CT molecular complexity index is 473.